The van der Waals surface area contributed by atoms with E-state index in [0.29, 0.717) is 21.8 Å². The fourth-order valence-electron chi connectivity index (χ4n) is 2.35. The standard InChI is InChI=1S/C19H16ClF2N3O2S/c1-11(18(26)12-3-8-15(21)16(22)9-12)28-19-24-23-17(25(19)2)10-27-14-6-4-13(20)5-7-14/h3-9,11H,10H2,1-2H3. The molecule has 28 heavy (non-hydrogen) atoms. The van der Waals surface area contributed by atoms with Gasteiger partial charge >= 0.3 is 0 Å². The second-order valence-corrected chi connectivity index (χ2v) is 7.70. The minimum Gasteiger partial charge on any atom is -0.486 e. The number of ketones is 1. The first-order valence-corrected chi connectivity index (χ1v) is 9.53. The third-order valence-electron chi connectivity index (χ3n) is 3.96. The topological polar surface area (TPSA) is 57.0 Å². The summed E-state index contributed by atoms with van der Waals surface area (Å²) in [7, 11) is 1.76. The smallest absolute Gasteiger partial charge is 0.191 e. The van der Waals surface area contributed by atoms with Crippen LogP contribution >= 0.6 is 23.4 Å². The van der Waals surface area contributed by atoms with Crippen LogP contribution in [0.2, 0.25) is 5.02 Å². The summed E-state index contributed by atoms with van der Waals surface area (Å²) >= 11 is 7.02. The normalized spacial score (nSPS) is 12.0. The summed E-state index contributed by atoms with van der Waals surface area (Å²) < 4.78 is 33.8. The molecule has 0 aliphatic rings. The lowest BCUT2D eigenvalue weighted by atomic mass is 10.1. The van der Waals surface area contributed by atoms with Crippen LogP contribution in [0.1, 0.15) is 23.1 Å². The Hall–Kier alpha value is -2.45. The lowest BCUT2D eigenvalue weighted by Gasteiger charge is -2.10. The summed E-state index contributed by atoms with van der Waals surface area (Å²) in [6, 6.07) is 10.0. The van der Waals surface area contributed by atoms with Crippen LogP contribution in [-0.4, -0.2) is 25.8 Å². The summed E-state index contributed by atoms with van der Waals surface area (Å²) in [4.78, 5) is 12.5. The molecule has 9 heteroatoms. The van der Waals surface area contributed by atoms with Crippen molar-refractivity contribution >= 4 is 29.1 Å². The molecule has 1 aromatic heterocycles. The molecule has 0 bridgehead atoms. The molecule has 1 atom stereocenters. The predicted octanol–water partition coefficient (Wildman–Crippen LogP) is 4.69. The maximum Gasteiger partial charge on any atom is 0.191 e. The summed E-state index contributed by atoms with van der Waals surface area (Å²) in [6.45, 7) is 1.87. The number of ether oxygens (including phenoxy) is 1. The van der Waals surface area contributed by atoms with Crippen molar-refractivity contribution in [3.8, 4) is 5.75 Å². The van der Waals surface area contributed by atoms with Gasteiger partial charge in [-0.15, -0.1) is 10.2 Å². The Morgan fingerprint density at radius 2 is 1.89 bits per heavy atom. The Morgan fingerprint density at radius 1 is 1.18 bits per heavy atom. The fourth-order valence-corrected chi connectivity index (χ4v) is 3.38. The van der Waals surface area contributed by atoms with Gasteiger partial charge in [-0.05, 0) is 49.4 Å². The van der Waals surface area contributed by atoms with E-state index in [-0.39, 0.29) is 18.0 Å². The van der Waals surface area contributed by atoms with Crippen LogP contribution in [0, 0.1) is 11.6 Å². The van der Waals surface area contributed by atoms with Gasteiger partial charge in [-0.3, -0.25) is 4.79 Å². The van der Waals surface area contributed by atoms with Crippen LogP contribution in [0.15, 0.2) is 47.6 Å². The van der Waals surface area contributed by atoms with E-state index < -0.39 is 16.9 Å². The van der Waals surface area contributed by atoms with E-state index in [1.165, 1.54) is 17.8 Å². The zero-order chi connectivity index (χ0) is 20.3. The van der Waals surface area contributed by atoms with Gasteiger partial charge in [0.05, 0.1) is 5.25 Å². The van der Waals surface area contributed by atoms with Gasteiger partial charge < -0.3 is 9.30 Å². The highest BCUT2D eigenvalue weighted by molar-refractivity contribution is 8.00. The van der Waals surface area contributed by atoms with Gasteiger partial charge in [0.15, 0.2) is 28.4 Å². The van der Waals surface area contributed by atoms with Crippen molar-refractivity contribution in [1.82, 2.24) is 14.8 Å². The van der Waals surface area contributed by atoms with Crippen LogP contribution < -0.4 is 4.74 Å². The van der Waals surface area contributed by atoms with E-state index in [4.69, 9.17) is 16.3 Å². The van der Waals surface area contributed by atoms with Crippen molar-refractivity contribution in [2.75, 3.05) is 0 Å². The molecule has 3 rings (SSSR count). The summed E-state index contributed by atoms with van der Waals surface area (Å²) in [5, 5.41) is 8.73. The van der Waals surface area contributed by atoms with Gasteiger partial charge in [0, 0.05) is 17.6 Å². The average molecular weight is 424 g/mol. The molecule has 146 valence electrons. The van der Waals surface area contributed by atoms with Crippen molar-refractivity contribution < 1.29 is 18.3 Å². The molecule has 0 aliphatic heterocycles. The second kappa shape index (κ2) is 8.70. The van der Waals surface area contributed by atoms with E-state index in [0.717, 1.165) is 12.1 Å². The molecule has 0 N–H and O–H groups in total. The molecule has 0 aliphatic carbocycles. The number of hydrogen-bond donors (Lipinski definition) is 0. The minimum atomic E-state index is -1.05. The number of hydrogen-bond acceptors (Lipinski definition) is 5. The largest absolute Gasteiger partial charge is 0.486 e. The van der Waals surface area contributed by atoms with Gasteiger partial charge in [0.25, 0.3) is 0 Å². The Labute approximate surface area is 169 Å². The van der Waals surface area contributed by atoms with Crippen molar-refractivity contribution in [3.63, 3.8) is 0 Å². The highest BCUT2D eigenvalue weighted by atomic mass is 35.5. The van der Waals surface area contributed by atoms with Crippen LogP contribution in [0.5, 0.6) is 5.75 Å². The van der Waals surface area contributed by atoms with Crippen LogP contribution in [0.25, 0.3) is 0 Å². The number of nitrogens with zero attached hydrogens (tertiary/aromatic N) is 3. The zero-order valence-corrected chi connectivity index (χ0v) is 16.6. The maximum atomic E-state index is 13.4. The number of halogens is 3. The van der Waals surface area contributed by atoms with Gasteiger partial charge in [0.2, 0.25) is 0 Å². The quantitative estimate of drug-likeness (QED) is 0.407. The van der Waals surface area contributed by atoms with E-state index in [2.05, 4.69) is 10.2 Å². The molecule has 0 saturated carbocycles. The second-order valence-electron chi connectivity index (χ2n) is 5.95. The van der Waals surface area contributed by atoms with Crippen LogP contribution in [0.4, 0.5) is 8.78 Å². The number of aromatic nitrogens is 3. The van der Waals surface area contributed by atoms with Crippen molar-refractivity contribution in [3.05, 3.63) is 70.5 Å². The molecule has 0 radical (unpaired) electrons. The number of Topliss-reactive ketones (excluding diaryl/α,β-unsaturated/α-hetero) is 1. The first-order valence-electron chi connectivity index (χ1n) is 8.27. The van der Waals surface area contributed by atoms with Crippen LogP contribution in [-0.2, 0) is 13.7 Å². The predicted molar refractivity (Wildman–Crippen MR) is 103 cm³/mol. The number of carbonyl (C=O) groups is 1. The first-order chi connectivity index (χ1) is 13.3. The lowest BCUT2D eigenvalue weighted by molar-refractivity contribution is 0.0993. The Kier molecular flexibility index (Phi) is 6.31. The molecule has 2 aromatic carbocycles. The van der Waals surface area contributed by atoms with Crippen molar-refractivity contribution in [2.24, 2.45) is 7.05 Å². The highest BCUT2D eigenvalue weighted by Crippen LogP contribution is 2.25. The monoisotopic (exact) mass is 423 g/mol. The summed E-state index contributed by atoms with van der Waals surface area (Å²) in [5.74, 6) is -1.15. The summed E-state index contributed by atoms with van der Waals surface area (Å²) in [6.07, 6.45) is 0. The molecule has 0 fully saturated rings. The maximum absolute atomic E-state index is 13.4. The van der Waals surface area contributed by atoms with Gasteiger partial charge in [-0.2, -0.15) is 0 Å². The van der Waals surface area contributed by atoms with Gasteiger partial charge in [-0.1, -0.05) is 23.4 Å². The molecular formula is C19H16ClF2N3O2S. The van der Waals surface area contributed by atoms with Crippen molar-refractivity contribution in [2.45, 2.75) is 23.9 Å². The van der Waals surface area contributed by atoms with Gasteiger partial charge in [0.1, 0.15) is 12.4 Å². The Bertz CT molecular complexity index is 995. The van der Waals surface area contributed by atoms with E-state index >= 15 is 0 Å². The third-order valence-corrected chi connectivity index (χ3v) is 5.35. The highest BCUT2D eigenvalue weighted by Gasteiger charge is 2.21. The molecule has 3 aromatic rings. The van der Waals surface area contributed by atoms with E-state index in [1.54, 1.807) is 42.8 Å². The Morgan fingerprint density at radius 3 is 2.57 bits per heavy atom. The van der Waals surface area contributed by atoms with Crippen molar-refractivity contribution in [1.29, 1.82) is 0 Å². The molecule has 0 saturated heterocycles. The summed E-state index contributed by atoms with van der Waals surface area (Å²) in [5.41, 5.74) is 0.104. The van der Waals surface area contributed by atoms with E-state index in [1.807, 2.05) is 0 Å². The molecule has 0 spiro atoms. The lowest BCUT2D eigenvalue weighted by Crippen LogP contribution is -2.15. The molecule has 1 unspecified atom stereocenters. The third kappa shape index (κ3) is 4.69. The molecule has 5 nitrogen and oxygen atoms in total. The minimum absolute atomic E-state index is 0.104. The SMILES string of the molecule is CC(Sc1nnc(COc2ccc(Cl)cc2)n1C)C(=O)c1ccc(F)c(F)c1. The first kappa shape index (κ1) is 20.3. The number of benzene rings is 2. The van der Waals surface area contributed by atoms with Crippen LogP contribution in [0.3, 0.4) is 0 Å². The van der Waals surface area contributed by atoms with E-state index in [9.17, 15) is 13.6 Å². The molecule has 0 amide bonds. The Balaban J connectivity index is 1.65. The number of carbonyl (C=O) groups excluding carboxylic acids is 1. The average Bonchev–Trinajstić information content (AvgIpc) is 3.02. The zero-order valence-electron chi connectivity index (χ0n) is 15.0. The number of thioether (sulfide) groups is 1. The number of rotatable bonds is 7. The molecule has 1 heterocycles. The molecular weight excluding hydrogens is 408 g/mol. The van der Waals surface area contributed by atoms with Gasteiger partial charge in [-0.25, -0.2) is 8.78 Å². The fraction of sp³-hybridized carbons (Fsp3) is 0.211.